The molecule has 5 N–H and O–H groups in total. The summed E-state index contributed by atoms with van der Waals surface area (Å²) in [4.78, 5) is 23.6. The number of nitrogen functional groups attached to an aromatic ring is 1. The number of benzene rings is 2. The van der Waals surface area contributed by atoms with Crippen LogP contribution in [0.3, 0.4) is 0 Å². The van der Waals surface area contributed by atoms with Crippen molar-refractivity contribution in [3.63, 3.8) is 0 Å². The molecule has 2 aromatic rings. The molecule has 0 bridgehead atoms. The fourth-order valence-electron chi connectivity index (χ4n) is 2.46. The zero-order valence-corrected chi connectivity index (χ0v) is 15.4. The number of rotatable bonds is 7. The Morgan fingerprint density at radius 2 is 1.85 bits per heavy atom. The monoisotopic (exact) mass is 375 g/mol. The second-order valence-electron chi connectivity index (χ2n) is 6.40. The molecule has 1 atom stereocenters. The predicted molar refractivity (Wildman–Crippen MR) is 104 cm³/mol. The average Bonchev–Trinajstić information content (AvgIpc) is 2.57. The second kappa shape index (κ2) is 8.58. The van der Waals surface area contributed by atoms with E-state index >= 15 is 0 Å². The van der Waals surface area contributed by atoms with Gasteiger partial charge in [0.25, 0.3) is 5.91 Å². The molecule has 0 aliphatic heterocycles. The first-order valence-corrected chi connectivity index (χ1v) is 8.60. The van der Waals surface area contributed by atoms with Gasteiger partial charge in [-0.05, 0) is 42.7 Å². The number of carbonyl (C=O) groups excluding carboxylic acids is 1. The van der Waals surface area contributed by atoms with E-state index in [9.17, 15) is 14.7 Å². The number of hydrogen-bond donors (Lipinski definition) is 4. The lowest BCUT2D eigenvalue weighted by atomic mass is 10.0. The van der Waals surface area contributed by atoms with Crippen LogP contribution in [0.15, 0.2) is 42.5 Å². The first kappa shape index (κ1) is 19.6. The molecule has 0 fully saturated rings. The summed E-state index contributed by atoms with van der Waals surface area (Å²) >= 11 is 6.11. The summed E-state index contributed by atoms with van der Waals surface area (Å²) in [5, 5.41) is 15.4. The number of para-hydroxylation sites is 1. The Kier molecular flexibility index (Phi) is 6.46. The number of carbonyl (C=O) groups is 2. The number of hydrogen-bond acceptors (Lipinski definition) is 4. The quantitative estimate of drug-likeness (QED) is 0.549. The van der Waals surface area contributed by atoms with E-state index in [4.69, 9.17) is 17.3 Å². The molecule has 138 valence electrons. The summed E-state index contributed by atoms with van der Waals surface area (Å²) < 4.78 is 0. The zero-order chi connectivity index (χ0) is 19.3. The van der Waals surface area contributed by atoms with Crippen LogP contribution in [-0.2, 0) is 4.79 Å². The highest BCUT2D eigenvalue weighted by Gasteiger charge is 2.22. The van der Waals surface area contributed by atoms with Gasteiger partial charge in [0.05, 0.1) is 22.1 Å². The van der Waals surface area contributed by atoms with Gasteiger partial charge >= 0.3 is 5.97 Å². The minimum Gasteiger partial charge on any atom is -0.480 e. The average molecular weight is 376 g/mol. The van der Waals surface area contributed by atoms with Crippen LogP contribution in [0.4, 0.5) is 17.1 Å². The molecule has 0 aliphatic carbocycles. The van der Waals surface area contributed by atoms with Gasteiger partial charge in [0.15, 0.2) is 0 Å². The van der Waals surface area contributed by atoms with Crippen molar-refractivity contribution in [2.24, 2.45) is 5.92 Å². The summed E-state index contributed by atoms with van der Waals surface area (Å²) in [6.45, 7) is 3.80. The first-order chi connectivity index (χ1) is 12.3. The van der Waals surface area contributed by atoms with Gasteiger partial charge in [-0.2, -0.15) is 0 Å². The maximum atomic E-state index is 12.3. The zero-order valence-electron chi connectivity index (χ0n) is 14.6. The van der Waals surface area contributed by atoms with Crippen LogP contribution in [0, 0.1) is 5.92 Å². The molecule has 0 saturated carbocycles. The standard InChI is InChI=1S/C19H22ClN3O3/c1-11(2)9-17(19(25)26)23-18(24)12-7-8-16(14(21)10-12)22-15-6-4-3-5-13(15)20/h3-8,10-11,17,22H,9,21H2,1-2H3,(H,23,24)(H,25,26)/t17-/m0/s1. The minimum absolute atomic E-state index is 0.142. The van der Waals surface area contributed by atoms with E-state index in [1.807, 2.05) is 32.0 Å². The summed E-state index contributed by atoms with van der Waals surface area (Å²) in [6, 6.07) is 11.0. The van der Waals surface area contributed by atoms with Gasteiger partial charge in [0.1, 0.15) is 6.04 Å². The van der Waals surface area contributed by atoms with Crippen molar-refractivity contribution in [3.05, 3.63) is 53.1 Å². The van der Waals surface area contributed by atoms with E-state index in [0.717, 1.165) is 0 Å². The minimum atomic E-state index is -1.06. The van der Waals surface area contributed by atoms with Crippen molar-refractivity contribution < 1.29 is 14.7 Å². The molecular formula is C19H22ClN3O3. The number of carboxylic acids is 1. The summed E-state index contributed by atoms with van der Waals surface area (Å²) in [6.07, 6.45) is 0.350. The Bertz CT molecular complexity index is 808. The van der Waals surface area contributed by atoms with Crippen molar-refractivity contribution in [1.29, 1.82) is 0 Å². The van der Waals surface area contributed by atoms with Crippen molar-refractivity contribution in [3.8, 4) is 0 Å². The normalized spacial score (nSPS) is 11.8. The third-order valence-electron chi connectivity index (χ3n) is 3.77. The lowest BCUT2D eigenvalue weighted by molar-refractivity contribution is -0.139. The fourth-order valence-corrected chi connectivity index (χ4v) is 2.64. The van der Waals surface area contributed by atoms with Gasteiger partial charge in [0, 0.05) is 5.56 Å². The molecule has 0 heterocycles. The molecular weight excluding hydrogens is 354 g/mol. The molecule has 0 spiro atoms. The smallest absolute Gasteiger partial charge is 0.326 e. The number of nitrogens with one attached hydrogen (secondary N) is 2. The van der Waals surface area contributed by atoms with Gasteiger partial charge < -0.3 is 21.5 Å². The van der Waals surface area contributed by atoms with Crippen molar-refractivity contribution in [2.45, 2.75) is 26.3 Å². The Labute approximate surface area is 157 Å². The predicted octanol–water partition coefficient (Wildman–Crippen LogP) is 3.89. The topological polar surface area (TPSA) is 104 Å². The van der Waals surface area contributed by atoms with Crippen LogP contribution in [0.5, 0.6) is 0 Å². The molecule has 0 aliphatic rings. The number of amides is 1. The van der Waals surface area contributed by atoms with Crippen LogP contribution in [-0.4, -0.2) is 23.0 Å². The van der Waals surface area contributed by atoms with Crippen molar-refractivity contribution in [1.82, 2.24) is 5.32 Å². The van der Waals surface area contributed by atoms with Gasteiger partial charge in [-0.25, -0.2) is 4.79 Å². The number of carboxylic acid groups (broad SMARTS) is 1. The lowest BCUT2D eigenvalue weighted by Gasteiger charge is -2.17. The summed E-state index contributed by atoms with van der Waals surface area (Å²) in [5.74, 6) is -1.39. The Morgan fingerprint density at radius 3 is 2.42 bits per heavy atom. The molecule has 26 heavy (non-hydrogen) atoms. The summed E-state index contributed by atoms with van der Waals surface area (Å²) in [7, 11) is 0. The molecule has 0 saturated heterocycles. The van der Waals surface area contributed by atoms with Crippen LogP contribution >= 0.6 is 11.6 Å². The van der Waals surface area contributed by atoms with Gasteiger partial charge in [-0.3, -0.25) is 4.79 Å². The van der Waals surface area contributed by atoms with E-state index < -0.39 is 17.9 Å². The Hall–Kier alpha value is -2.73. The highest BCUT2D eigenvalue weighted by molar-refractivity contribution is 6.33. The molecule has 7 heteroatoms. The SMILES string of the molecule is CC(C)C[C@H](NC(=O)c1ccc(Nc2ccccc2Cl)c(N)c1)C(=O)O. The maximum absolute atomic E-state index is 12.3. The molecule has 1 amide bonds. The lowest BCUT2D eigenvalue weighted by Crippen LogP contribution is -2.41. The first-order valence-electron chi connectivity index (χ1n) is 8.22. The van der Waals surface area contributed by atoms with E-state index in [1.165, 1.54) is 6.07 Å². The third kappa shape index (κ3) is 5.13. The van der Waals surface area contributed by atoms with Gasteiger partial charge in [0.2, 0.25) is 0 Å². The highest BCUT2D eigenvalue weighted by Crippen LogP contribution is 2.28. The Balaban J connectivity index is 2.14. The van der Waals surface area contributed by atoms with E-state index in [2.05, 4.69) is 10.6 Å². The highest BCUT2D eigenvalue weighted by atomic mass is 35.5. The van der Waals surface area contributed by atoms with Gasteiger partial charge in [-0.15, -0.1) is 0 Å². The molecule has 2 rings (SSSR count). The number of nitrogens with two attached hydrogens (primary N) is 1. The number of anilines is 3. The van der Waals surface area contributed by atoms with E-state index in [-0.39, 0.29) is 5.92 Å². The number of halogens is 1. The third-order valence-corrected chi connectivity index (χ3v) is 4.10. The molecule has 0 aromatic heterocycles. The molecule has 6 nitrogen and oxygen atoms in total. The van der Waals surface area contributed by atoms with Crippen LogP contribution < -0.4 is 16.4 Å². The molecule has 0 unspecified atom stereocenters. The largest absolute Gasteiger partial charge is 0.480 e. The number of aliphatic carboxylic acids is 1. The summed E-state index contributed by atoms with van der Waals surface area (Å²) in [5.41, 5.74) is 7.97. The van der Waals surface area contributed by atoms with Crippen LogP contribution in [0.2, 0.25) is 5.02 Å². The van der Waals surface area contributed by atoms with Crippen LogP contribution in [0.25, 0.3) is 0 Å². The Morgan fingerprint density at radius 1 is 1.15 bits per heavy atom. The second-order valence-corrected chi connectivity index (χ2v) is 6.81. The van der Waals surface area contributed by atoms with E-state index in [0.29, 0.717) is 34.1 Å². The fraction of sp³-hybridized carbons (Fsp3) is 0.263. The maximum Gasteiger partial charge on any atom is 0.326 e. The van der Waals surface area contributed by atoms with E-state index in [1.54, 1.807) is 18.2 Å². The molecule has 2 aromatic carbocycles. The van der Waals surface area contributed by atoms with Crippen molar-refractivity contribution in [2.75, 3.05) is 11.1 Å². The van der Waals surface area contributed by atoms with Crippen LogP contribution in [0.1, 0.15) is 30.6 Å². The van der Waals surface area contributed by atoms with Crippen molar-refractivity contribution >= 4 is 40.5 Å². The molecule has 0 radical (unpaired) electrons. The van der Waals surface area contributed by atoms with Gasteiger partial charge in [-0.1, -0.05) is 37.6 Å².